The second kappa shape index (κ2) is 35.0. The van der Waals surface area contributed by atoms with Crippen LogP contribution >= 0.6 is 0 Å². The molecule has 0 saturated carbocycles. The second-order valence-corrected chi connectivity index (χ2v) is 11.9. The highest BCUT2D eigenvalue weighted by molar-refractivity contribution is 5.76. The molecule has 0 unspecified atom stereocenters. The zero-order valence-electron chi connectivity index (χ0n) is 27.3. The van der Waals surface area contributed by atoms with Crippen LogP contribution in [0.25, 0.3) is 0 Å². The van der Waals surface area contributed by atoms with Gasteiger partial charge in [-0.1, -0.05) is 103 Å². The number of carbonyl (C=O) groups is 2. The SMILES string of the molecule is CCCCCCCCCCCCCCCCCC(=O)NCCCCCC(=O)NCCCNCCCCNCCCN. The lowest BCUT2D eigenvalue weighted by molar-refractivity contribution is -0.122. The molecule has 0 aliphatic rings. The van der Waals surface area contributed by atoms with Crippen LogP contribution in [0.3, 0.4) is 0 Å². The third kappa shape index (κ3) is 34.9. The molecule has 7 nitrogen and oxygen atoms in total. The topological polar surface area (TPSA) is 108 Å². The molecule has 0 aromatic heterocycles. The molecule has 244 valence electrons. The van der Waals surface area contributed by atoms with E-state index in [0.717, 1.165) is 84.3 Å². The van der Waals surface area contributed by atoms with E-state index in [-0.39, 0.29) is 11.8 Å². The predicted octanol–water partition coefficient (Wildman–Crippen LogP) is 6.74. The van der Waals surface area contributed by atoms with E-state index < -0.39 is 0 Å². The Hall–Kier alpha value is -1.18. The van der Waals surface area contributed by atoms with E-state index in [4.69, 9.17) is 5.73 Å². The lowest BCUT2D eigenvalue weighted by Gasteiger charge is -2.08. The van der Waals surface area contributed by atoms with E-state index in [1.807, 2.05) is 0 Å². The Morgan fingerprint density at radius 3 is 1.22 bits per heavy atom. The second-order valence-electron chi connectivity index (χ2n) is 11.9. The molecule has 0 spiro atoms. The highest BCUT2D eigenvalue weighted by Crippen LogP contribution is 2.13. The first-order chi connectivity index (χ1) is 20.2. The van der Waals surface area contributed by atoms with Crippen LogP contribution in [0.2, 0.25) is 0 Å². The number of amides is 2. The normalized spacial score (nSPS) is 11.2. The highest BCUT2D eigenvalue weighted by Gasteiger charge is 2.03. The molecule has 0 saturated heterocycles. The van der Waals surface area contributed by atoms with Crippen molar-refractivity contribution < 1.29 is 9.59 Å². The fourth-order valence-electron chi connectivity index (χ4n) is 5.07. The number of unbranched alkanes of at least 4 members (excludes halogenated alkanes) is 17. The first kappa shape index (κ1) is 39.8. The van der Waals surface area contributed by atoms with E-state index in [0.29, 0.717) is 12.8 Å². The van der Waals surface area contributed by atoms with E-state index in [1.54, 1.807) is 0 Å². The van der Waals surface area contributed by atoms with Crippen molar-refractivity contribution >= 4 is 11.8 Å². The fraction of sp³-hybridized carbons (Fsp3) is 0.941. The first-order valence-corrected chi connectivity index (χ1v) is 17.9. The maximum absolute atomic E-state index is 12.0. The quantitative estimate of drug-likeness (QED) is 0.0541. The molecule has 6 N–H and O–H groups in total. The minimum Gasteiger partial charge on any atom is -0.356 e. The summed E-state index contributed by atoms with van der Waals surface area (Å²) in [6, 6.07) is 0. The lowest BCUT2D eigenvalue weighted by atomic mass is 10.0. The van der Waals surface area contributed by atoms with Crippen molar-refractivity contribution in [1.29, 1.82) is 0 Å². The molecule has 0 aliphatic carbocycles. The third-order valence-corrected chi connectivity index (χ3v) is 7.78. The Morgan fingerprint density at radius 1 is 0.415 bits per heavy atom. The third-order valence-electron chi connectivity index (χ3n) is 7.78. The molecule has 0 aromatic carbocycles. The van der Waals surface area contributed by atoms with Gasteiger partial charge >= 0.3 is 0 Å². The average Bonchev–Trinajstić information content (AvgIpc) is 2.97. The number of carbonyl (C=O) groups excluding carboxylic acids is 2. The van der Waals surface area contributed by atoms with Gasteiger partial charge in [0.05, 0.1) is 0 Å². The van der Waals surface area contributed by atoms with Gasteiger partial charge < -0.3 is 27.0 Å². The molecule has 0 rings (SSSR count). The largest absolute Gasteiger partial charge is 0.356 e. The standard InChI is InChI=1S/C34H71N5O2/c1-2-3-4-5-6-7-8-9-10-11-12-13-14-15-17-24-33(40)38-31-19-16-18-25-34(41)39-32-23-30-37-28-21-20-27-36-29-22-26-35/h36-37H,2-32,35H2,1H3,(H,38,40)(H,39,41). The predicted molar refractivity (Wildman–Crippen MR) is 177 cm³/mol. The summed E-state index contributed by atoms with van der Waals surface area (Å²) in [5.41, 5.74) is 5.47. The Balaban J connectivity index is 3.25. The van der Waals surface area contributed by atoms with Crippen molar-refractivity contribution in [2.24, 2.45) is 5.73 Å². The number of hydrogen-bond donors (Lipinski definition) is 5. The Morgan fingerprint density at radius 2 is 0.756 bits per heavy atom. The van der Waals surface area contributed by atoms with Gasteiger partial charge in [0.1, 0.15) is 0 Å². The number of nitrogens with two attached hydrogens (primary N) is 1. The molecular formula is C34H71N5O2. The summed E-state index contributed by atoms with van der Waals surface area (Å²) >= 11 is 0. The van der Waals surface area contributed by atoms with Gasteiger partial charge in [0.25, 0.3) is 0 Å². The Bertz CT molecular complexity index is 547. The molecule has 0 radical (unpaired) electrons. The summed E-state index contributed by atoms with van der Waals surface area (Å²) in [5, 5.41) is 12.9. The van der Waals surface area contributed by atoms with Gasteiger partial charge in [-0.25, -0.2) is 0 Å². The van der Waals surface area contributed by atoms with Gasteiger partial charge in [-0.3, -0.25) is 9.59 Å². The maximum Gasteiger partial charge on any atom is 0.219 e. The van der Waals surface area contributed by atoms with E-state index in [1.165, 1.54) is 103 Å². The van der Waals surface area contributed by atoms with Crippen LogP contribution in [0.15, 0.2) is 0 Å². The summed E-state index contributed by atoms with van der Waals surface area (Å²) < 4.78 is 0. The number of nitrogens with one attached hydrogen (secondary N) is 4. The molecule has 41 heavy (non-hydrogen) atoms. The van der Waals surface area contributed by atoms with Gasteiger partial charge in [-0.2, -0.15) is 0 Å². The molecule has 0 fully saturated rings. The lowest BCUT2D eigenvalue weighted by Crippen LogP contribution is -2.27. The van der Waals surface area contributed by atoms with Crippen molar-refractivity contribution in [3.05, 3.63) is 0 Å². The molecule has 0 atom stereocenters. The van der Waals surface area contributed by atoms with Crippen LogP contribution in [0.4, 0.5) is 0 Å². The zero-order chi connectivity index (χ0) is 29.9. The Labute approximate surface area is 255 Å². The van der Waals surface area contributed by atoms with E-state index in [9.17, 15) is 9.59 Å². The van der Waals surface area contributed by atoms with Crippen molar-refractivity contribution in [3.8, 4) is 0 Å². The highest BCUT2D eigenvalue weighted by atomic mass is 16.2. The fourth-order valence-corrected chi connectivity index (χ4v) is 5.07. The van der Waals surface area contributed by atoms with Crippen molar-refractivity contribution in [2.45, 2.75) is 161 Å². The zero-order valence-corrected chi connectivity index (χ0v) is 27.3. The van der Waals surface area contributed by atoms with Crippen molar-refractivity contribution in [3.63, 3.8) is 0 Å². The van der Waals surface area contributed by atoms with Crippen LogP contribution in [0, 0.1) is 0 Å². The smallest absolute Gasteiger partial charge is 0.219 e. The maximum atomic E-state index is 12.0. The van der Waals surface area contributed by atoms with E-state index in [2.05, 4.69) is 28.2 Å². The van der Waals surface area contributed by atoms with Crippen molar-refractivity contribution in [2.75, 3.05) is 45.8 Å². The van der Waals surface area contributed by atoms with Gasteiger partial charge in [-0.05, 0) is 77.7 Å². The summed E-state index contributed by atoms with van der Waals surface area (Å²) in [4.78, 5) is 24.0. The summed E-state index contributed by atoms with van der Waals surface area (Å²) in [6.07, 6.45) is 28.6. The molecular weight excluding hydrogens is 510 g/mol. The van der Waals surface area contributed by atoms with E-state index >= 15 is 0 Å². The minimum atomic E-state index is 0.144. The van der Waals surface area contributed by atoms with Gasteiger partial charge in [0.15, 0.2) is 0 Å². The van der Waals surface area contributed by atoms with Crippen LogP contribution in [-0.2, 0) is 9.59 Å². The molecule has 7 heteroatoms. The molecule has 0 bridgehead atoms. The summed E-state index contributed by atoms with van der Waals surface area (Å²) in [6.45, 7) is 8.55. The number of hydrogen-bond acceptors (Lipinski definition) is 5. The average molecular weight is 582 g/mol. The van der Waals surface area contributed by atoms with Gasteiger partial charge in [0, 0.05) is 25.9 Å². The van der Waals surface area contributed by atoms with Gasteiger partial charge in [0.2, 0.25) is 11.8 Å². The molecule has 0 aromatic rings. The molecule has 0 aliphatic heterocycles. The number of rotatable bonds is 34. The van der Waals surface area contributed by atoms with Crippen LogP contribution in [0.5, 0.6) is 0 Å². The van der Waals surface area contributed by atoms with Crippen molar-refractivity contribution in [1.82, 2.24) is 21.3 Å². The minimum absolute atomic E-state index is 0.144. The first-order valence-electron chi connectivity index (χ1n) is 17.9. The monoisotopic (exact) mass is 582 g/mol. The molecule has 2 amide bonds. The Kier molecular flexibility index (Phi) is 34.0. The van der Waals surface area contributed by atoms with Gasteiger partial charge in [-0.15, -0.1) is 0 Å². The van der Waals surface area contributed by atoms with Crippen LogP contribution in [-0.4, -0.2) is 57.6 Å². The van der Waals surface area contributed by atoms with Crippen LogP contribution < -0.4 is 27.0 Å². The molecule has 0 heterocycles. The summed E-state index contributed by atoms with van der Waals surface area (Å²) in [7, 11) is 0. The van der Waals surface area contributed by atoms with Crippen LogP contribution in [0.1, 0.15) is 161 Å². The summed E-state index contributed by atoms with van der Waals surface area (Å²) in [5.74, 6) is 0.330.